The van der Waals surface area contributed by atoms with E-state index in [9.17, 15) is 8.42 Å². The molecule has 0 aromatic heterocycles. The van der Waals surface area contributed by atoms with Gasteiger partial charge in [-0.2, -0.15) is 0 Å². The second-order valence-electron chi connectivity index (χ2n) is 5.05. The molecule has 1 unspecified atom stereocenters. The molecule has 1 atom stereocenters. The average molecular weight is 246 g/mol. The highest BCUT2D eigenvalue weighted by atomic mass is 32.2. The molecule has 0 spiro atoms. The molecule has 2 rings (SSSR count). The molecule has 2 aliphatic rings. The molecule has 1 saturated heterocycles. The molecular weight excluding hydrogens is 224 g/mol. The van der Waals surface area contributed by atoms with Gasteiger partial charge in [-0.25, -0.2) is 13.1 Å². The first-order valence-corrected chi connectivity index (χ1v) is 8.02. The molecule has 0 aromatic carbocycles. The highest BCUT2D eigenvalue weighted by Crippen LogP contribution is 2.33. The SMILES string of the molecule is O=S(=O)(CC1CCCN1)NCCCC1CC1. The molecule has 0 radical (unpaired) electrons. The lowest BCUT2D eigenvalue weighted by molar-refractivity contribution is 0.557. The molecule has 2 fully saturated rings. The maximum atomic E-state index is 11.7. The molecule has 0 aromatic rings. The average Bonchev–Trinajstić information content (AvgIpc) is 2.91. The smallest absolute Gasteiger partial charge is 0.213 e. The zero-order chi connectivity index (χ0) is 11.4. The minimum atomic E-state index is -3.06. The quantitative estimate of drug-likeness (QED) is 0.655. The first kappa shape index (κ1) is 12.3. The molecule has 4 nitrogen and oxygen atoms in total. The van der Waals surface area contributed by atoms with Crippen LogP contribution in [0.1, 0.15) is 38.5 Å². The van der Waals surface area contributed by atoms with Gasteiger partial charge < -0.3 is 5.32 Å². The lowest BCUT2D eigenvalue weighted by atomic mass is 10.2. The van der Waals surface area contributed by atoms with Crippen molar-refractivity contribution in [3.05, 3.63) is 0 Å². The van der Waals surface area contributed by atoms with Crippen LogP contribution in [-0.2, 0) is 10.0 Å². The third-order valence-corrected chi connectivity index (χ3v) is 4.88. The van der Waals surface area contributed by atoms with Crippen molar-refractivity contribution in [1.82, 2.24) is 10.0 Å². The van der Waals surface area contributed by atoms with Gasteiger partial charge in [-0.3, -0.25) is 0 Å². The third-order valence-electron chi connectivity index (χ3n) is 3.39. The van der Waals surface area contributed by atoms with E-state index in [0.29, 0.717) is 6.54 Å². The van der Waals surface area contributed by atoms with Crippen molar-refractivity contribution in [2.75, 3.05) is 18.8 Å². The summed E-state index contributed by atoms with van der Waals surface area (Å²) >= 11 is 0. The number of hydrogen-bond acceptors (Lipinski definition) is 3. The van der Waals surface area contributed by atoms with Crippen LogP contribution in [0.25, 0.3) is 0 Å². The fourth-order valence-corrected chi connectivity index (χ4v) is 3.64. The molecule has 2 N–H and O–H groups in total. The zero-order valence-corrected chi connectivity index (χ0v) is 10.6. The second-order valence-corrected chi connectivity index (χ2v) is 6.91. The minimum absolute atomic E-state index is 0.168. The highest BCUT2D eigenvalue weighted by Gasteiger charge is 2.23. The van der Waals surface area contributed by atoms with E-state index in [1.165, 1.54) is 19.3 Å². The second kappa shape index (κ2) is 5.47. The van der Waals surface area contributed by atoms with E-state index in [4.69, 9.17) is 0 Å². The van der Waals surface area contributed by atoms with Gasteiger partial charge in [0.2, 0.25) is 10.0 Å². The first-order valence-electron chi connectivity index (χ1n) is 6.36. The summed E-state index contributed by atoms with van der Waals surface area (Å²) in [5.41, 5.74) is 0. The van der Waals surface area contributed by atoms with Crippen LogP contribution in [0, 0.1) is 5.92 Å². The number of hydrogen-bond donors (Lipinski definition) is 2. The molecule has 1 aliphatic heterocycles. The third kappa shape index (κ3) is 4.39. The van der Waals surface area contributed by atoms with Gasteiger partial charge in [0, 0.05) is 12.6 Å². The van der Waals surface area contributed by atoms with Crippen molar-refractivity contribution in [3.8, 4) is 0 Å². The minimum Gasteiger partial charge on any atom is -0.313 e. The van der Waals surface area contributed by atoms with Gasteiger partial charge in [-0.15, -0.1) is 0 Å². The molecule has 0 amide bonds. The Morgan fingerprint density at radius 1 is 1.25 bits per heavy atom. The van der Waals surface area contributed by atoms with Crippen molar-refractivity contribution in [3.63, 3.8) is 0 Å². The van der Waals surface area contributed by atoms with Crippen LogP contribution in [0.5, 0.6) is 0 Å². The van der Waals surface area contributed by atoms with Gasteiger partial charge in [-0.1, -0.05) is 12.8 Å². The summed E-state index contributed by atoms with van der Waals surface area (Å²) in [7, 11) is -3.06. The molecule has 5 heteroatoms. The van der Waals surface area contributed by atoms with Crippen LogP contribution in [0.2, 0.25) is 0 Å². The van der Waals surface area contributed by atoms with Crippen LogP contribution < -0.4 is 10.0 Å². The Labute approximate surface area is 98.2 Å². The summed E-state index contributed by atoms with van der Waals surface area (Å²) in [6.07, 6.45) is 6.95. The van der Waals surface area contributed by atoms with Crippen molar-refractivity contribution >= 4 is 10.0 Å². The number of rotatable bonds is 7. The van der Waals surface area contributed by atoms with Gasteiger partial charge in [0.15, 0.2) is 0 Å². The Hall–Kier alpha value is -0.130. The Kier molecular flexibility index (Phi) is 4.21. The fraction of sp³-hybridized carbons (Fsp3) is 1.00. The van der Waals surface area contributed by atoms with Crippen molar-refractivity contribution in [1.29, 1.82) is 0 Å². The maximum Gasteiger partial charge on any atom is 0.213 e. The first-order chi connectivity index (χ1) is 7.66. The number of sulfonamides is 1. The fourth-order valence-electron chi connectivity index (χ4n) is 2.25. The monoisotopic (exact) mass is 246 g/mol. The Bertz CT molecular complexity index is 306. The van der Waals surface area contributed by atoms with E-state index in [-0.39, 0.29) is 11.8 Å². The molecular formula is C11H22N2O2S. The molecule has 94 valence electrons. The molecule has 1 saturated carbocycles. The highest BCUT2D eigenvalue weighted by molar-refractivity contribution is 7.89. The summed E-state index contributed by atoms with van der Waals surface area (Å²) in [4.78, 5) is 0. The van der Waals surface area contributed by atoms with Crippen molar-refractivity contribution < 1.29 is 8.42 Å². The topological polar surface area (TPSA) is 58.2 Å². The Balaban J connectivity index is 1.61. The predicted octanol–water partition coefficient (Wildman–Crippen LogP) is 0.848. The number of nitrogens with one attached hydrogen (secondary N) is 2. The van der Waals surface area contributed by atoms with Gasteiger partial charge in [0.05, 0.1) is 5.75 Å². The van der Waals surface area contributed by atoms with Crippen molar-refractivity contribution in [2.24, 2.45) is 5.92 Å². The zero-order valence-electron chi connectivity index (χ0n) is 9.74. The van der Waals surface area contributed by atoms with Crippen LogP contribution >= 0.6 is 0 Å². The standard InChI is InChI=1S/C11H22N2O2S/c14-16(15,9-11-4-2-7-12-11)13-8-1-3-10-5-6-10/h10-13H,1-9H2. The van der Waals surface area contributed by atoms with E-state index in [2.05, 4.69) is 10.0 Å². The van der Waals surface area contributed by atoms with Gasteiger partial charge in [-0.05, 0) is 38.1 Å². The van der Waals surface area contributed by atoms with E-state index in [1.807, 2.05) is 0 Å². The summed E-state index contributed by atoms with van der Waals surface area (Å²) in [5, 5.41) is 3.21. The van der Waals surface area contributed by atoms with E-state index in [1.54, 1.807) is 0 Å². The van der Waals surface area contributed by atoms with Crippen LogP contribution in [0.4, 0.5) is 0 Å². The summed E-state index contributed by atoms with van der Waals surface area (Å²) in [6.45, 7) is 1.58. The van der Waals surface area contributed by atoms with Crippen LogP contribution in [-0.4, -0.2) is 33.3 Å². The lowest BCUT2D eigenvalue weighted by Crippen LogP contribution is -2.36. The Morgan fingerprint density at radius 3 is 2.69 bits per heavy atom. The van der Waals surface area contributed by atoms with Gasteiger partial charge in [0.1, 0.15) is 0 Å². The molecule has 1 aliphatic carbocycles. The van der Waals surface area contributed by atoms with Gasteiger partial charge in [0.25, 0.3) is 0 Å². The summed E-state index contributed by atoms with van der Waals surface area (Å²) in [6, 6.07) is 0.168. The van der Waals surface area contributed by atoms with E-state index in [0.717, 1.165) is 31.7 Å². The lowest BCUT2D eigenvalue weighted by Gasteiger charge is -2.11. The van der Waals surface area contributed by atoms with Gasteiger partial charge >= 0.3 is 0 Å². The van der Waals surface area contributed by atoms with E-state index >= 15 is 0 Å². The van der Waals surface area contributed by atoms with Crippen LogP contribution in [0.3, 0.4) is 0 Å². The molecule has 1 heterocycles. The van der Waals surface area contributed by atoms with Crippen molar-refractivity contribution in [2.45, 2.75) is 44.6 Å². The normalized spacial score (nSPS) is 26.1. The molecule has 0 bridgehead atoms. The molecule has 16 heavy (non-hydrogen) atoms. The predicted molar refractivity (Wildman–Crippen MR) is 64.8 cm³/mol. The largest absolute Gasteiger partial charge is 0.313 e. The van der Waals surface area contributed by atoms with Crippen LogP contribution in [0.15, 0.2) is 0 Å². The summed E-state index contributed by atoms with van der Waals surface area (Å²) in [5.74, 6) is 1.14. The summed E-state index contributed by atoms with van der Waals surface area (Å²) < 4.78 is 26.1. The van der Waals surface area contributed by atoms with E-state index < -0.39 is 10.0 Å². The Morgan fingerprint density at radius 2 is 2.06 bits per heavy atom. The maximum absolute atomic E-state index is 11.7.